The fourth-order valence-electron chi connectivity index (χ4n) is 2.41. The third-order valence-corrected chi connectivity index (χ3v) is 4.43. The summed E-state index contributed by atoms with van der Waals surface area (Å²) in [4.78, 5) is 12.3. The lowest BCUT2D eigenvalue weighted by molar-refractivity contribution is 0.0902. The van der Waals surface area contributed by atoms with Gasteiger partial charge in [0.15, 0.2) is 0 Å². The molecule has 3 nitrogen and oxygen atoms in total. The van der Waals surface area contributed by atoms with E-state index in [0.29, 0.717) is 17.1 Å². The Bertz CT molecular complexity index is 462. The summed E-state index contributed by atoms with van der Waals surface area (Å²) < 4.78 is 0.745. The first-order valence-electron chi connectivity index (χ1n) is 6.04. The van der Waals surface area contributed by atoms with E-state index in [1.807, 2.05) is 0 Å². The van der Waals surface area contributed by atoms with Gasteiger partial charge in [-0.15, -0.1) is 12.4 Å². The fourth-order valence-corrected chi connectivity index (χ4v) is 3.01. The monoisotopic (exact) mass is 366 g/mol. The lowest BCUT2D eigenvalue weighted by Gasteiger charge is -2.28. The molecule has 0 radical (unpaired) electrons. The summed E-state index contributed by atoms with van der Waals surface area (Å²) in [6.45, 7) is 0.483. The highest BCUT2D eigenvalue weighted by molar-refractivity contribution is 9.10. The average Bonchev–Trinajstić information content (AvgIpc) is 2.81. The molecule has 0 unspecified atom stereocenters. The molecule has 0 atom stereocenters. The van der Waals surface area contributed by atoms with Crippen molar-refractivity contribution >= 4 is 45.8 Å². The van der Waals surface area contributed by atoms with Crippen molar-refractivity contribution in [2.24, 2.45) is 5.73 Å². The molecule has 0 heterocycles. The van der Waals surface area contributed by atoms with Crippen LogP contribution < -0.4 is 11.1 Å². The molecule has 106 valence electrons. The molecule has 1 aliphatic carbocycles. The van der Waals surface area contributed by atoms with E-state index in [-0.39, 0.29) is 23.9 Å². The lowest BCUT2D eigenvalue weighted by atomic mass is 9.97. The number of hydrogen-bond acceptors (Lipinski definition) is 2. The summed E-state index contributed by atoms with van der Waals surface area (Å²) in [5.41, 5.74) is 6.13. The van der Waals surface area contributed by atoms with Gasteiger partial charge >= 0.3 is 0 Å². The van der Waals surface area contributed by atoms with E-state index in [1.165, 1.54) is 0 Å². The van der Waals surface area contributed by atoms with E-state index < -0.39 is 0 Å². The molecule has 19 heavy (non-hydrogen) atoms. The molecule has 1 aromatic rings. The van der Waals surface area contributed by atoms with Crippen LogP contribution in [0.1, 0.15) is 36.0 Å². The first kappa shape index (κ1) is 16.8. The van der Waals surface area contributed by atoms with Crippen molar-refractivity contribution in [1.29, 1.82) is 0 Å². The minimum Gasteiger partial charge on any atom is -0.345 e. The van der Waals surface area contributed by atoms with Crippen molar-refractivity contribution in [3.63, 3.8) is 0 Å². The Morgan fingerprint density at radius 2 is 2.05 bits per heavy atom. The molecule has 2 rings (SSSR count). The smallest absolute Gasteiger partial charge is 0.252 e. The molecular formula is C13H17BrCl2N2O. The number of nitrogens with one attached hydrogen (secondary N) is 1. The molecule has 1 amide bonds. The predicted molar refractivity (Wildman–Crippen MR) is 84.1 cm³/mol. The third kappa shape index (κ3) is 3.85. The zero-order valence-corrected chi connectivity index (χ0v) is 13.6. The standard InChI is InChI=1S/C13H16BrClN2O.ClH/c14-11-4-3-9(15)7-10(11)12(18)17-13(8-16)5-1-2-6-13;/h3-4,7H,1-2,5-6,8,16H2,(H,17,18);1H. The van der Waals surface area contributed by atoms with Crippen molar-refractivity contribution in [1.82, 2.24) is 5.32 Å². The van der Waals surface area contributed by atoms with E-state index in [1.54, 1.807) is 18.2 Å². The maximum absolute atomic E-state index is 12.3. The van der Waals surface area contributed by atoms with Crippen molar-refractivity contribution in [2.45, 2.75) is 31.2 Å². The Balaban J connectivity index is 0.00000180. The first-order chi connectivity index (χ1) is 8.56. The van der Waals surface area contributed by atoms with Gasteiger partial charge in [-0.2, -0.15) is 0 Å². The number of amides is 1. The third-order valence-electron chi connectivity index (χ3n) is 3.50. The molecule has 0 aromatic heterocycles. The summed E-state index contributed by atoms with van der Waals surface area (Å²) in [6.07, 6.45) is 4.14. The van der Waals surface area contributed by atoms with Crippen LogP contribution in [0, 0.1) is 0 Å². The van der Waals surface area contributed by atoms with E-state index >= 15 is 0 Å². The molecule has 1 fully saturated rings. The van der Waals surface area contributed by atoms with Crippen LogP contribution in [0.2, 0.25) is 5.02 Å². The Kier molecular flexibility index (Phi) is 6.12. The summed E-state index contributed by atoms with van der Waals surface area (Å²) in [5, 5.41) is 3.63. The van der Waals surface area contributed by atoms with Crippen LogP contribution in [0.3, 0.4) is 0 Å². The normalized spacial score (nSPS) is 16.8. The van der Waals surface area contributed by atoms with Crippen molar-refractivity contribution in [3.8, 4) is 0 Å². The van der Waals surface area contributed by atoms with Gasteiger partial charge in [0.1, 0.15) is 0 Å². The van der Waals surface area contributed by atoms with Crippen molar-refractivity contribution in [3.05, 3.63) is 33.3 Å². The summed E-state index contributed by atoms with van der Waals surface area (Å²) in [6, 6.07) is 5.19. The number of benzene rings is 1. The Morgan fingerprint density at radius 1 is 1.42 bits per heavy atom. The first-order valence-corrected chi connectivity index (χ1v) is 7.21. The largest absolute Gasteiger partial charge is 0.345 e. The maximum Gasteiger partial charge on any atom is 0.252 e. The maximum atomic E-state index is 12.3. The number of carbonyl (C=O) groups is 1. The van der Waals surface area contributed by atoms with Gasteiger partial charge in [-0.3, -0.25) is 4.79 Å². The minimum atomic E-state index is -0.237. The van der Waals surface area contributed by atoms with Gasteiger partial charge < -0.3 is 11.1 Å². The molecule has 6 heteroatoms. The molecule has 1 aliphatic rings. The van der Waals surface area contributed by atoms with Crippen LogP contribution in [-0.4, -0.2) is 18.0 Å². The second-order valence-electron chi connectivity index (χ2n) is 4.77. The molecular weight excluding hydrogens is 351 g/mol. The number of carbonyl (C=O) groups excluding carboxylic acids is 1. The van der Waals surface area contributed by atoms with Gasteiger partial charge in [-0.1, -0.05) is 24.4 Å². The SMILES string of the molecule is Cl.NCC1(NC(=O)c2cc(Cl)ccc2Br)CCCC1. The highest BCUT2D eigenvalue weighted by Gasteiger charge is 2.34. The number of nitrogens with two attached hydrogens (primary N) is 1. The van der Waals surface area contributed by atoms with Crippen LogP contribution in [-0.2, 0) is 0 Å². The van der Waals surface area contributed by atoms with Crippen LogP contribution in [0.15, 0.2) is 22.7 Å². The van der Waals surface area contributed by atoms with Crippen LogP contribution in [0.4, 0.5) is 0 Å². The highest BCUT2D eigenvalue weighted by Crippen LogP contribution is 2.30. The summed E-state index contributed by atoms with van der Waals surface area (Å²) in [5.74, 6) is -0.114. The number of hydrogen-bond donors (Lipinski definition) is 2. The van der Waals surface area contributed by atoms with Crippen molar-refractivity contribution in [2.75, 3.05) is 6.54 Å². The van der Waals surface area contributed by atoms with Crippen LogP contribution in [0.5, 0.6) is 0 Å². The van der Waals surface area contributed by atoms with E-state index in [0.717, 1.165) is 30.2 Å². The van der Waals surface area contributed by atoms with Crippen molar-refractivity contribution < 1.29 is 4.79 Å². The Morgan fingerprint density at radius 3 is 2.63 bits per heavy atom. The summed E-state index contributed by atoms with van der Waals surface area (Å²) >= 11 is 9.29. The van der Waals surface area contributed by atoms with Crippen LogP contribution in [0.25, 0.3) is 0 Å². The predicted octanol–water partition coefficient (Wildman–Crippen LogP) is 3.53. The van der Waals surface area contributed by atoms with Gasteiger partial charge in [-0.25, -0.2) is 0 Å². The van der Waals surface area contributed by atoms with E-state index in [9.17, 15) is 4.79 Å². The second-order valence-corrected chi connectivity index (χ2v) is 6.06. The fraction of sp³-hybridized carbons (Fsp3) is 0.462. The van der Waals surface area contributed by atoms with Gasteiger partial charge in [0, 0.05) is 16.0 Å². The molecule has 3 N–H and O–H groups in total. The molecule has 0 saturated heterocycles. The minimum absolute atomic E-state index is 0. The van der Waals surface area contributed by atoms with Gasteiger partial charge in [0.05, 0.1) is 11.1 Å². The van der Waals surface area contributed by atoms with E-state index in [4.69, 9.17) is 17.3 Å². The molecule has 0 aliphatic heterocycles. The van der Waals surface area contributed by atoms with Crippen LogP contribution >= 0.6 is 39.9 Å². The van der Waals surface area contributed by atoms with Gasteiger partial charge in [0.25, 0.3) is 5.91 Å². The number of halogens is 3. The zero-order valence-electron chi connectivity index (χ0n) is 10.4. The highest BCUT2D eigenvalue weighted by atomic mass is 79.9. The van der Waals surface area contributed by atoms with Gasteiger partial charge in [-0.05, 0) is 47.0 Å². The quantitative estimate of drug-likeness (QED) is 0.858. The molecule has 0 spiro atoms. The Labute approximate surface area is 132 Å². The number of rotatable bonds is 3. The second kappa shape index (κ2) is 6.93. The topological polar surface area (TPSA) is 55.1 Å². The summed E-state index contributed by atoms with van der Waals surface area (Å²) in [7, 11) is 0. The Hall–Kier alpha value is -0.290. The molecule has 1 aromatic carbocycles. The molecule has 0 bridgehead atoms. The molecule has 1 saturated carbocycles. The van der Waals surface area contributed by atoms with Gasteiger partial charge in [0.2, 0.25) is 0 Å². The average molecular weight is 368 g/mol. The lowest BCUT2D eigenvalue weighted by Crippen LogP contribution is -2.51. The zero-order chi connectivity index (χ0) is 13.2. The van der Waals surface area contributed by atoms with E-state index in [2.05, 4.69) is 21.2 Å².